The van der Waals surface area contributed by atoms with Gasteiger partial charge >= 0.3 is 6.18 Å². The molecule has 0 fully saturated rings. The Bertz CT molecular complexity index is 751. The number of amides is 1. The third-order valence-electron chi connectivity index (χ3n) is 3.08. The smallest absolute Gasteiger partial charge is 0.422 e. The molecular formula is C17H14ClF4NO3. The molecule has 0 spiro atoms. The van der Waals surface area contributed by atoms with Crippen LogP contribution in [0.3, 0.4) is 0 Å². The van der Waals surface area contributed by atoms with Gasteiger partial charge in [0, 0.05) is 12.6 Å². The van der Waals surface area contributed by atoms with Gasteiger partial charge < -0.3 is 14.8 Å². The van der Waals surface area contributed by atoms with E-state index in [1.807, 2.05) is 0 Å². The van der Waals surface area contributed by atoms with Crippen LogP contribution in [0, 0.1) is 5.82 Å². The summed E-state index contributed by atoms with van der Waals surface area (Å²) >= 11 is 5.60. The van der Waals surface area contributed by atoms with Crippen LogP contribution in [0.1, 0.15) is 5.56 Å². The Hall–Kier alpha value is -2.48. The molecule has 0 aliphatic heterocycles. The van der Waals surface area contributed by atoms with Crippen molar-refractivity contribution in [2.24, 2.45) is 0 Å². The largest absolute Gasteiger partial charge is 0.484 e. The Kier molecular flexibility index (Phi) is 6.68. The first kappa shape index (κ1) is 19.8. The molecule has 0 bridgehead atoms. The van der Waals surface area contributed by atoms with E-state index in [4.69, 9.17) is 16.3 Å². The monoisotopic (exact) mass is 391 g/mol. The zero-order valence-electron chi connectivity index (χ0n) is 13.3. The predicted octanol–water partition coefficient (Wildman–Crippen LogP) is 4.12. The summed E-state index contributed by atoms with van der Waals surface area (Å²) in [5.74, 6) is -0.694. The predicted molar refractivity (Wildman–Crippen MR) is 86.7 cm³/mol. The van der Waals surface area contributed by atoms with Crippen molar-refractivity contribution >= 4 is 17.5 Å². The summed E-state index contributed by atoms with van der Waals surface area (Å²) in [6.07, 6.45) is -4.40. The van der Waals surface area contributed by atoms with Crippen LogP contribution in [0.5, 0.6) is 11.5 Å². The Balaban J connectivity index is 1.75. The molecule has 0 atom stereocenters. The highest BCUT2D eigenvalue weighted by molar-refractivity contribution is 6.30. The van der Waals surface area contributed by atoms with Gasteiger partial charge in [-0.3, -0.25) is 4.79 Å². The molecule has 0 radical (unpaired) electrons. The lowest BCUT2D eigenvalue weighted by Gasteiger charge is -2.10. The highest BCUT2D eigenvalue weighted by Crippen LogP contribution is 2.21. The molecule has 1 N–H and O–H groups in total. The quantitative estimate of drug-likeness (QED) is 0.722. The number of hydrogen-bond donors (Lipinski definition) is 1. The van der Waals surface area contributed by atoms with Crippen molar-refractivity contribution in [2.45, 2.75) is 12.7 Å². The van der Waals surface area contributed by atoms with Crippen LogP contribution in [0.25, 0.3) is 0 Å². The van der Waals surface area contributed by atoms with Crippen LogP contribution in [0.4, 0.5) is 17.6 Å². The second-order valence-electron chi connectivity index (χ2n) is 5.19. The second-order valence-corrected chi connectivity index (χ2v) is 5.60. The van der Waals surface area contributed by atoms with Crippen molar-refractivity contribution in [3.05, 3.63) is 58.9 Å². The van der Waals surface area contributed by atoms with Gasteiger partial charge in [-0.15, -0.1) is 0 Å². The normalized spacial score (nSPS) is 11.1. The number of carbonyl (C=O) groups excluding carboxylic acids is 1. The summed E-state index contributed by atoms with van der Waals surface area (Å²) in [4.78, 5) is 11.7. The van der Waals surface area contributed by atoms with Gasteiger partial charge in [-0.25, -0.2) is 4.39 Å². The van der Waals surface area contributed by atoms with Crippen LogP contribution >= 0.6 is 11.6 Å². The molecule has 9 heteroatoms. The minimum absolute atomic E-state index is 0.0777. The van der Waals surface area contributed by atoms with Crippen LogP contribution in [-0.4, -0.2) is 25.3 Å². The summed E-state index contributed by atoms with van der Waals surface area (Å²) in [5, 5.41) is 2.46. The Morgan fingerprint density at radius 1 is 1.04 bits per heavy atom. The standard InChI is InChI=1S/C17H14ClF4NO3/c18-14-7-13(5-6-15(14)19)25-9-16(24)23-8-11-1-3-12(4-2-11)26-10-17(20,21)22/h1-7H,8-10H2,(H,23,24). The van der Waals surface area contributed by atoms with Crippen LogP contribution in [0.15, 0.2) is 42.5 Å². The van der Waals surface area contributed by atoms with E-state index >= 15 is 0 Å². The Labute approximate surface area is 151 Å². The van der Waals surface area contributed by atoms with Crippen molar-refractivity contribution in [1.29, 1.82) is 0 Å². The fourth-order valence-corrected chi connectivity index (χ4v) is 2.01. The lowest BCUT2D eigenvalue weighted by Crippen LogP contribution is -2.28. The SMILES string of the molecule is O=C(COc1ccc(F)c(Cl)c1)NCc1ccc(OCC(F)(F)F)cc1. The van der Waals surface area contributed by atoms with Crippen molar-refractivity contribution in [3.8, 4) is 11.5 Å². The van der Waals surface area contributed by atoms with E-state index in [0.717, 1.165) is 6.07 Å². The molecule has 0 saturated heterocycles. The average Bonchev–Trinajstić information content (AvgIpc) is 2.59. The number of carbonyl (C=O) groups is 1. The van der Waals surface area contributed by atoms with Gasteiger partial charge in [0.25, 0.3) is 5.91 Å². The molecular weight excluding hydrogens is 378 g/mol. The summed E-state index contributed by atoms with van der Waals surface area (Å²) in [6, 6.07) is 9.55. The van der Waals surface area contributed by atoms with Crippen LogP contribution < -0.4 is 14.8 Å². The number of nitrogens with one attached hydrogen (secondary N) is 1. The van der Waals surface area contributed by atoms with E-state index < -0.39 is 24.5 Å². The van der Waals surface area contributed by atoms with Gasteiger partial charge in [0.05, 0.1) is 5.02 Å². The molecule has 0 aliphatic rings. The highest BCUT2D eigenvalue weighted by Gasteiger charge is 2.28. The number of halogens is 5. The maximum atomic E-state index is 13.0. The van der Waals surface area contributed by atoms with Crippen molar-refractivity contribution in [1.82, 2.24) is 5.32 Å². The molecule has 1 amide bonds. The van der Waals surface area contributed by atoms with Gasteiger partial charge in [0.15, 0.2) is 13.2 Å². The lowest BCUT2D eigenvalue weighted by atomic mass is 10.2. The van der Waals surface area contributed by atoms with Crippen molar-refractivity contribution < 1.29 is 31.8 Å². The van der Waals surface area contributed by atoms with Crippen LogP contribution in [0.2, 0.25) is 5.02 Å². The summed E-state index contributed by atoms with van der Waals surface area (Å²) < 4.78 is 59.0. The van der Waals surface area contributed by atoms with Gasteiger partial charge in [-0.1, -0.05) is 23.7 Å². The van der Waals surface area contributed by atoms with E-state index in [2.05, 4.69) is 10.1 Å². The summed E-state index contributed by atoms with van der Waals surface area (Å²) in [6.45, 7) is -1.51. The first-order valence-electron chi connectivity index (χ1n) is 7.36. The first-order chi connectivity index (χ1) is 12.2. The fraction of sp³-hybridized carbons (Fsp3) is 0.235. The average molecular weight is 392 g/mol. The molecule has 140 valence electrons. The van der Waals surface area contributed by atoms with Gasteiger partial charge in [-0.05, 0) is 29.8 Å². The van der Waals surface area contributed by atoms with E-state index in [0.29, 0.717) is 5.56 Å². The molecule has 0 heterocycles. The number of hydrogen-bond acceptors (Lipinski definition) is 3. The second kappa shape index (κ2) is 8.75. The zero-order chi connectivity index (χ0) is 19.2. The molecule has 26 heavy (non-hydrogen) atoms. The van der Waals surface area contributed by atoms with E-state index in [-0.39, 0.29) is 29.7 Å². The molecule has 0 aliphatic carbocycles. The first-order valence-corrected chi connectivity index (χ1v) is 7.74. The maximum Gasteiger partial charge on any atom is 0.422 e. The number of benzene rings is 2. The van der Waals surface area contributed by atoms with Gasteiger partial charge in [-0.2, -0.15) is 13.2 Å². The van der Waals surface area contributed by atoms with Crippen molar-refractivity contribution in [3.63, 3.8) is 0 Å². The summed E-state index contributed by atoms with van der Waals surface area (Å²) in [7, 11) is 0. The molecule has 0 aromatic heterocycles. The van der Waals surface area contributed by atoms with Crippen LogP contribution in [-0.2, 0) is 11.3 Å². The van der Waals surface area contributed by atoms with Crippen molar-refractivity contribution in [2.75, 3.05) is 13.2 Å². The highest BCUT2D eigenvalue weighted by atomic mass is 35.5. The lowest BCUT2D eigenvalue weighted by molar-refractivity contribution is -0.153. The Morgan fingerprint density at radius 2 is 1.69 bits per heavy atom. The van der Waals surface area contributed by atoms with E-state index in [1.165, 1.54) is 36.4 Å². The number of rotatable bonds is 7. The third-order valence-corrected chi connectivity index (χ3v) is 3.37. The zero-order valence-corrected chi connectivity index (χ0v) is 14.0. The fourth-order valence-electron chi connectivity index (χ4n) is 1.84. The van der Waals surface area contributed by atoms with E-state index in [9.17, 15) is 22.4 Å². The summed E-state index contributed by atoms with van der Waals surface area (Å²) in [5.41, 5.74) is 0.669. The topological polar surface area (TPSA) is 47.6 Å². The molecule has 4 nitrogen and oxygen atoms in total. The minimum Gasteiger partial charge on any atom is -0.484 e. The molecule has 2 aromatic carbocycles. The van der Waals surface area contributed by atoms with Gasteiger partial charge in [0.2, 0.25) is 0 Å². The molecule has 2 rings (SSSR count). The van der Waals surface area contributed by atoms with Gasteiger partial charge in [0.1, 0.15) is 17.3 Å². The molecule has 0 unspecified atom stereocenters. The number of ether oxygens (including phenoxy) is 2. The minimum atomic E-state index is -4.40. The van der Waals surface area contributed by atoms with E-state index in [1.54, 1.807) is 0 Å². The maximum absolute atomic E-state index is 13.0. The number of alkyl halides is 3. The third kappa shape index (κ3) is 6.79. The Morgan fingerprint density at radius 3 is 2.31 bits per heavy atom. The molecule has 0 saturated carbocycles. The molecule has 2 aromatic rings.